The summed E-state index contributed by atoms with van der Waals surface area (Å²) in [5.74, 6) is 0. The fourth-order valence-electron chi connectivity index (χ4n) is 9.05. The Bertz CT molecular complexity index is 3270. The molecule has 0 saturated heterocycles. The summed E-state index contributed by atoms with van der Waals surface area (Å²) in [7, 11) is 0. The fourth-order valence-corrected chi connectivity index (χ4v) is 11.4. The molecule has 0 atom stereocenters. The normalized spacial score (nSPS) is 11.6. The van der Waals surface area contributed by atoms with Crippen molar-refractivity contribution >= 4 is 76.9 Å². The second kappa shape index (κ2) is 12.7. The van der Waals surface area contributed by atoms with Gasteiger partial charge in [0.25, 0.3) is 0 Å². The molecule has 0 aliphatic carbocycles. The Morgan fingerprint density at radius 1 is 0.327 bits per heavy atom. The van der Waals surface area contributed by atoms with E-state index in [1.165, 1.54) is 85.0 Å². The van der Waals surface area contributed by atoms with Crippen LogP contribution in [0.25, 0.3) is 107 Å². The van der Waals surface area contributed by atoms with Crippen LogP contribution < -0.4 is 0 Å². The van der Waals surface area contributed by atoms with Crippen LogP contribution in [0.2, 0.25) is 0 Å². The second-order valence-corrected chi connectivity index (χ2v) is 16.5. The monoisotopic (exact) mass is 761 g/mol. The molecule has 10 aromatic carbocycles. The van der Waals surface area contributed by atoms with Crippen molar-refractivity contribution in [2.45, 2.75) is 0 Å². The minimum atomic E-state index is 0.178. The van der Waals surface area contributed by atoms with Gasteiger partial charge in [-0.25, -0.2) is 0 Å². The van der Waals surface area contributed by atoms with Gasteiger partial charge in [-0.15, -0.1) is 0 Å². The van der Waals surface area contributed by atoms with E-state index in [2.05, 4.69) is 176 Å². The Morgan fingerprint density at radius 2 is 0.782 bits per heavy atom. The van der Waals surface area contributed by atoms with Crippen molar-refractivity contribution in [3.63, 3.8) is 0 Å². The molecule has 0 fully saturated rings. The molecule has 0 N–H and O–H groups in total. The van der Waals surface area contributed by atoms with Crippen LogP contribution in [0.3, 0.4) is 0 Å². The van der Waals surface area contributed by atoms with Gasteiger partial charge in [0.1, 0.15) is 0 Å². The van der Waals surface area contributed by atoms with E-state index in [0.717, 1.165) is 21.9 Å². The summed E-state index contributed by atoms with van der Waals surface area (Å²) < 4.78 is 2.83. The van der Waals surface area contributed by atoms with Gasteiger partial charge in [0.15, 0.2) is 0 Å². The summed E-state index contributed by atoms with van der Waals surface area (Å²) in [6, 6.07) is 70.8. The molecule has 11 aromatic rings. The van der Waals surface area contributed by atoms with Crippen molar-refractivity contribution in [2.75, 3.05) is 0 Å². The van der Waals surface area contributed by atoms with Crippen molar-refractivity contribution in [3.05, 3.63) is 194 Å². The van der Waals surface area contributed by atoms with Crippen LogP contribution in [-0.4, -0.2) is 14.5 Å². The third-order valence-corrected chi connectivity index (χ3v) is 13.7. The van der Waals surface area contributed by atoms with Gasteiger partial charge in [-0.2, -0.15) is 0 Å². The van der Waals surface area contributed by atoms with Gasteiger partial charge in [0.2, 0.25) is 0 Å². The minimum absolute atomic E-state index is 0.178. The molecule has 0 amide bonds. The van der Waals surface area contributed by atoms with E-state index in [-0.39, 0.29) is 14.5 Å². The molecular weight excluding hydrogens is 730 g/mol. The molecule has 0 spiro atoms. The Hall–Kier alpha value is -6.75. The van der Waals surface area contributed by atoms with Crippen LogP contribution in [0.5, 0.6) is 0 Å². The summed E-state index contributed by atoms with van der Waals surface area (Å²) >= 11 is 0.178. The van der Waals surface area contributed by atoms with E-state index < -0.39 is 0 Å². The van der Waals surface area contributed by atoms with E-state index in [4.69, 9.17) is 0 Å². The van der Waals surface area contributed by atoms with Gasteiger partial charge in [0.05, 0.1) is 0 Å². The number of hydrogen-bond acceptors (Lipinski definition) is 1. The van der Waals surface area contributed by atoms with E-state index >= 15 is 0 Å². The van der Waals surface area contributed by atoms with Crippen LogP contribution in [0.15, 0.2) is 188 Å². The molecule has 254 valence electrons. The molecule has 2 heteroatoms. The number of nitriles is 1. The summed E-state index contributed by atoms with van der Waals surface area (Å²) in [5.41, 5.74) is 10.3. The van der Waals surface area contributed by atoms with Gasteiger partial charge in [-0.1, -0.05) is 0 Å². The summed E-state index contributed by atoms with van der Waals surface area (Å²) in [5, 5.41) is 22.6. The van der Waals surface area contributed by atoms with Crippen LogP contribution >= 0.6 is 0 Å². The van der Waals surface area contributed by atoms with Crippen LogP contribution in [0, 0.1) is 11.3 Å². The average Bonchev–Trinajstić information content (AvgIpc) is 3.63. The molecule has 0 radical (unpaired) electrons. The molecule has 1 nitrogen and oxygen atoms in total. The number of benzene rings is 10. The standard InChI is InChI=1S/C53H31NSe/c54-32-35-17-4-5-18-36(35)51-41-23-10-12-25-43(41)52(44-26-13-11-24-42(44)51)45-27-14-28-48-53(45)46-31-34(29-30-47(46)55-48)50-39-21-8-6-19-37(39)49(33-15-2-1-3-16-33)38-20-7-9-22-40(38)50/h1-31H. The molecule has 1 heterocycles. The van der Waals surface area contributed by atoms with Crippen molar-refractivity contribution in [2.24, 2.45) is 0 Å². The van der Waals surface area contributed by atoms with Gasteiger partial charge in [0, 0.05) is 0 Å². The topological polar surface area (TPSA) is 23.8 Å². The first-order valence-electron chi connectivity index (χ1n) is 18.7. The Balaban J connectivity index is 1.23. The molecule has 0 saturated carbocycles. The zero-order valence-electron chi connectivity index (χ0n) is 29.8. The molecule has 1 aromatic heterocycles. The molecule has 0 unspecified atom stereocenters. The second-order valence-electron chi connectivity index (χ2n) is 14.2. The average molecular weight is 761 g/mol. The van der Waals surface area contributed by atoms with Gasteiger partial charge in [-0.3, -0.25) is 0 Å². The molecule has 0 aliphatic rings. The Morgan fingerprint density at radius 3 is 1.35 bits per heavy atom. The predicted molar refractivity (Wildman–Crippen MR) is 235 cm³/mol. The van der Waals surface area contributed by atoms with Crippen molar-refractivity contribution < 1.29 is 0 Å². The first-order chi connectivity index (χ1) is 27.3. The molecular formula is C53H31NSe. The van der Waals surface area contributed by atoms with E-state index in [0.29, 0.717) is 5.56 Å². The first-order valence-corrected chi connectivity index (χ1v) is 20.4. The number of rotatable bonds is 4. The number of fused-ring (bicyclic) bond motifs is 7. The molecule has 0 aliphatic heterocycles. The predicted octanol–water partition coefficient (Wildman–Crippen LogP) is 14.2. The number of nitrogens with zero attached hydrogens (tertiary/aromatic N) is 1. The number of hydrogen-bond donors (Lipinski definition) is 0. The Kier molecular flexibility index (Phi) is 7.32. The SMILES string of the molecule is N#Cc1ccccc1-c1c2ccccc2c(-c2cccc3[se]c4ccc(-c5c6ccccc6c(-c6ccccc6)c6ccccc56)cc4c23)c2ccccc12. The van der Waals surface area contributed by atoms with Gasteiger partial charge >= 0.3 is 326 Å². The Labute approximate surface area is 324 Å². The summed E-state index contributed by atoms with van der Waals surface area (Å²) in [6.07, 6.45) is 0. The zero-order chi connectivity index (χ0) is 36.5. The van der Waals surface area contributed by atoms with E-state index in [1.54, 1.807) is 0 Å². The maximum absolute atomic E-state index is 10.2. The van der Waals surface area contributed by atoms with E-state index in [9.17, 15) is 5.26 Å². The summed E-state index contributed by atoms with van der Waals surface area (Å²) in [6.45, 7) is 0. The van der Waals surface area contributed by atoms with Crippen molar-refractivity contribution in [3.8, 4) is 50.6 Å². The van der Waals surface area contributed by atoms with Crippen molar-refractivity contribution in [1.29, 1.82) is 5.26 Å². The zero-order valence-corrected chi connectivity index (χ0v) is 31.5. The van der Waals surface area contributed by atoms with Crippen molar-refractivity contribution in [1.82, 2.24) is 0 Å². The third kappa shape index (κ3) is 4.85. The van der Waals surface area contributed by atoms with Gasteiger partial charge < -0.3 is 0 Å². The quantitative estimate of drug-likeness (QED) is 0.129. The fraction of sp³-hybridized carbons (Fsp3) is 0. The third-order valence-electron chi connectivity index (χ3n) is 11.3. The van der Waals surface area contributed by atoms with Crippen LogP contribution in [0.1, 0.15) is 5.56 Å². The maximum atomic E-state index is 10.2. The van der Waals surface area contributed by atoms with Crippen LogP contribution in [-0.2, 0) is 0 Å². The first kappa shape index (κ1) is 31.7. The molecule has 55 heavy (non-hydrogen) atoms. The molecule has 0 bridgehead atoms. The van der Waals surface area contributed by atoms with Gasteiger partial charge in [-0.05, 0) is 0 Å². The van der Waals surface area contributed by atoms with Crippen LogP contribution in [0.4, 0.5) is 0 Å². The molecule has 11 rings (SSSR count). The van der Waals surface area contributed by atoms with E-state index in [1.807, 2.05) is 18.2 Å². The summed E-state index contributed by atoms with van der Waals surface area (Å²) in [4.78, 5) is 0.